The van der Waals surface area contributed by atoms with Gasteiger partial charge in [0.2, 0.25) is 0 Å². The van der Waals surface area contributed by atoms with E-state index < -0.39 is 8.07 Å². The van der Waals surface area contributed by atoms with Crippen LogP contribution in [0.5, 0.6) is 0 Å². The number of rotatable bonds is 4. The zero-order valence-electron chi connectivity index (χ0n) is 8.96. The molecule has 1 rings (SSSR count). The van der Waals surface area contributed by atoms with Crippen LogP contribution in [-0.2, 0) is 6.61 Å². The van der Waals surface area contributed by atoms with Gasteiger partial charge < -0.3 is 5.11 Å². The molecule has 14 heavy (non-hydrogen) atoms. The van der Waals surface area contributed by atoms with Crippen LogP contribution in [0.15, 0.2) is 36.9 Å². The van der Waals surface area contributed by atoms with E-state index in [0.717, 1.165) is 11.6 Å². The van der Waals surface area contributed by atoms with E-state index in [4.69, 9.17) is 5.11 Å². The number of allylic oxidation sites excluding steroid dienone is 1. The summed E-state index contributed by atoms with van der Waals surface area (Å²) >= 11 is 0. The van der Waals surface area contributed by atoms with Crippen molar-refractivity contribution in [2.75, 3.05) is 0 Å². The van der Waals surface area contributed by atoms with Crippen molar-refractivity contribution >= 4 is 13.3 Å². The zero-order valence-corrected chi connectivity index (χ0v) is 9.96. The number of hydrogen-bond acceptors (Lipinski definition) is 1. The molecule has 0 aliphatic rings. The Balaban J connectivity index is 2.90. The maximum Gasteiger partial charge on any atom is 0.0843 e. The Morgan fingerprint density at radius 2 is 1.86 bits per heavy atom. The largest absolute Gasteiger partial charge is 0.392 e. The molecule has 0 bridgehead atoms. The number of benzene rings is 1. The number of aliphatic hydroxyl groups is 1. The van der Waals surface area contributed by atoms with Gasteiger partial charge in [-0.1, -0.05) is 48.6 Å². The van der Waals surface area contributed by atoms with E-state index in [0.29, 0.717) is 0 Å². The Hall–Kier alpha value is -0.863. The fourth-order valence-electron chi connectivity index (χ4n) is 1.54. The fraction of sp³-hybridized carbons (Fsp3) is 0.333. The van der Waals surface area contributed by atoms with Gasteiger partial charge in [-0.15, -0.1) is 6.58 Å². The molecule has 0 heterocycles. The molecule has 2 heteroatoms. The van der Waals surface area contributed by atoms with Crippen molar-refractivity contribution in [3.05, 3.63) is 42.5 Å². The molecular formula is C12H18OSi. The summed E-state index contributed by atoms with van der Waals surface area (Å²) in [6.07, 6.45) is 2.01. The number of aliphatic hydroxyl groups excluding tert-OH is 1. The first-order chi connectivity index (χ1) is 6.60. The van der Waals surface area contributed by atoms with Crippen molar-refractivity contribution in [2.24, 2.45) is 0 Å². The molecule has 0 saturated heterocycles. The van der Waals surface area contributed by atoms with Crippen molar-refractivity contribution in [1.29, 1.82) is 0 Å². The van der Waals surface area contributed by atoms with Gasteiger partial charge in [0.1, 0.15) is 0 Å². The highest BCUT2D eigenvalue weighted by molar-refractivity contribution is 6.90. The van der Waals surface area contributed by atoms with Gasteiger partial charge in [0, 0.05) is 0 Å². The lowest BCUT2D eigenvalue weighted by atomic mass is 10.2. The Morgan fingerprint density at radius 3 is 2.29 bits per heavy atom. The summed E-state index contributed by atoms with van der Waals surface area (Å²) < 4.78 is 0. The maximum absolute atomic E-state index is 8.93. The summed E-state index contributed by atoms with van der Waals surface area (Å²) in [6, 6.07) is 9.40. The first-order valence-corrected chi connectivity index (χ1v) is 8.12. The first-order valence-electron chi connectivity index (χ1n) is 4.91. The van der Waals surface area contributed by atoms with Crippen LogP contribution in [0.3, 0.4) is 0 Å². The lowest BCUT2D eigenvalue weighted by Gasteiger charge is -2.21. The van der Waals surface area contributed by atoms with Crippen LogP contribution in [0.4, 0.5) is 0 Å². The molecule has 0 aliphatic carbocycles. The Bertz CT molecular complexity index is 301. The Labute approximate surface area is 87.1 Å². The third-order valence-corrected chi connectivity index (χ3v) is 5.78. The second-order valence-electron chi connectivity index (χ2n) is 4.23. The van der Waals surface area contributed by atoms with Crippen LogP contribution in [0.2, 0.25) is 19.1 Å². The molecule has 0 aromatic heterocycles. The molecule has 0 atom stereocenters. The highest BCUT2D eigenvalue weighted by atomic mass is 28.3. The van der Waals surface area contributed by atoms with Crippen molar-refractivity contribution in [2.45, 2.75) is 25.7 Å². The van der Waals surface area contributed by atoms with Gasteiger partial charge >= 0.3 is 0 Å². The summed E-state index contributed by atoms with van der Waals surface area (Å²) in [5.41, 5.74) is 0.983. The standard InChI is InChI=1S/C12H18OSi/c1-4-9-14(2,3)12-7-5-11(10-13)6-8-12/h4-8,13H,1,9-10H2,2-3H3. The minimum absolute atomic E-state index is 0.129. The summed E-state index contributed by atoms with van der Waals surface area (Å²) in [6.45, 7) is 8.60. The van der Waals surface area contributed by atoms with Gasteiger partial charge in [-0.2, -0.15) is 0 Å². The van der Waals surface area contributed by atoms with Gasteiger partial charge in [0.05, 0.1) is 14.7 Å². The average Bonchev–Trinajstić information content (AvgIpc) is 2.18. The van der Waals surface area contributed by atoms with Crippen LogP contribution < -0.4 is 5.19 Å². The van der Waals surface area contributed by atoms with Crippen LogP contribution in [0, 0.1) is 0 Å². The van der Waals surface area contributed by atoms with Gasteiger partial charge in [-0.25, -0.2) is 0 Å². The molecule has 1 aromatic rings. The summed E-state index contributed by atoms with van der Waals surface area (Å²) in [7, 11) is -1.31. The molecule has 0 saturated carbocycles. The van der Waals surface area contributed by atoms with E-state index in [9.17, 15) is 0 Å². The van der Waals surface area contributed by atoms with Gasteiger partial charge in [0.15, 0.2) is 0 Å². The third kappa shape index (κ3) is 2.56. The van der Waals surface area contributed by atoms with E-state index >= 15 is 0 Å². The molecule has 0 spiro atoms. The molecule has 1 nitrogen and oxygen atoms in total. The molecule has 0 unspecified atom stereocenters. The van der Waals surface area contributed by atoms with Crippen molar-refractivity contribution < 1.29 is 5.11 Å². The van der Waals surface area contributed by atoms with E-state index in [1.165, 1.54) is 5.19 Å². The predicted octanol–water partition coefficient (Wildman–Crippen LogP) is 2.28. The summed E-state index contributed by atoms with van der Waals surface area (Å²) in [4.78, 5) is 0. The quantitative estimate of drug-likeness (QED) is 0.592. The minimum atomic E-state index is -1.31. The topological polar surface area (TPSA) is 20.2 Å². The lowest BCUT2D eigenvalue weighted by Crippen LogP contribution is -2.40. The van der Waals surface area contributed by atoms with Gasteiger partial charge in [0.25, 0.3) is 0 Å². The van der Waals surface area contributed by atoms with Crippen molar-refractivity contribution in [1.82, 2.24) is 0 Å². The maximum atomic E-state index is 8.93. The lowest BCUT2D eigenvalue weighted by molar-refractivity contribution is 0.282. The normalized spacial score (nSPS) is 11.4. The molecule has 1 aromatic carbocycles. The van der Waals surface area contributed by atoms with E-state index in [2.05, 4.69) is 31.8 Å². The third-order valence-electron chi connectivity index (χ3n) is 2.57. The van der Waals surface area contributed by atoms with Crippen LogP contribution >= 0.6 is 0 Å². The first kappa shape index (κ1) is 11.2. The molecule has 0 radical (unpaired) electrons. The van der Waals surface area contributed by atoms with E-state index in [1.54, 1.807) is 0 Å². The molecule has 76 valence electrons. The Kier molecular flexibility index (Phi) is 3.67. The molecule has 0 aliphatic heterocycles. The SMILES string of the molecule is C=CC[Si](C)(C)c1ccc(CO)cc1. The predicted molar refractivity (Wildman–Crippen MR) is 64.5 cm³/mol. The van der Waals surface area contributed by atoms with Crippen LogP contribution in [-0.4, -0.2) is 13.2 Å². The highest BCUT2D eigenvalue weighted by Gasteiger charge is 2.20. The van der Waals surface area contributed by atoms with Gasteiger partial charge in [-0.05, 0) is 11.6 Å². The van der Waals surface area contributed by atoms with E-state index in [1.807, 2.05) is 18.2 Å². The highest BCUT2D eigenvalue weighted by Crippen LogP contribution is 2.10. The monoisotopic (exact) mass is 206 g/mol. The molecule has 0 fully saturated rings. The minimum Gasteiger partial charge on any atom is -0.392 e. The summed E-state index contributed by atoms with van der Waals surface area (Å²) in [5.74, 6) is 0. The van der Waals surface area contributed by atoms with Gasteiger partial charge in [-0.3, -0.25) is 0 Å². The zero-order chi connectivity index (χ0) is 10.6. The second kappa shape index (κ2) is 4.58. The molecular weight excluding hydrogens is 188 g/mol. The smallest absolute Gasteiger partial charge is 0.0843 e. The summed E-state index contributed by atoms with van der Waals surface area (Å²) in [5, 5.41) is 10.4. The molecule has 1 N–H and O–H groups in total. The van der Waals surface area contributed by atoms with E-state index in [-0.39, 0.29) is 6.61 Å². The fourth-order valence-corrected chi connectivity index (χ4v) is 3.57. The molecule has 0 amide bonds. The second-order valence-corrected chi connectivity index (χ2v) is 8.99. The Morgan fingerprint density at radius 1 is 1.29 bits per heavy atom. The van der Waals surface area contributed by atoms with Crippen LogP contribution in [0.1, 0.15) is 5.56 Å². The number of hydrogen-bond donors (Lipinski definition) is 1. The van der Waals surface area contributed by atoms with Crippen molar-refractivity contribution in [3.63, 3.8) is 0 Å². The average molecular weight is 206 g/mol. The van der Waals surface area contributed by atoms with Crippen molar-refractivity contribution in [3.8, 4) is 0 Å². The van der Waals surface area contributed by atoms with Crippen LogP contribution in [0.25, 0.3) is 0 Å².